The Bertz CT molecular complexity index is 590. The van der Waals surface area contributed by atoms with E-state index in [1.165, 1.54) is 11.1 Å². The maximum absolute atomic E-state index is 12.2. The van der Waals surface area contributed by atoms with Gasteiger partial charge in [0.05, 0.1) is 13.2 Å². The Kier molecular flexibility index (Phi) is 7.40. The van der Waals surface area contributed by atoms with E-state index < -0.39 is 5.91 Å². The first-order valence-electron chi connectivity index (χ1n) is 6.67. The first-order chi connectivity index (χ1) is 10.5. The summed E-state index contributed by atoms with van der Waals surface area (Å²) in [5.74, 6) is -0.575. The standard InChI is InChI=1S/C15H18ClN3O3/c1-11-2-3-13(16)8-14(11)18-15(22)12(9-17)10-19(4-6-20)5-7-21/h2-3,8,10,20-21H,4-7H2,1H3,(H,18,22)/b12-10-. The number of hydrogen-bond donors (Lipinski definition) is 3. The summed E-state index contributed by atoms with van der Waals surface area (Å²) in [5.41, 5.74) is 1.22. The Morgan fingerprint density at radius 2 is 2.05 bits per heavy atom. The average molecular weight is 324 g/mol. The molecule has 1 aromatic carbocycles. The Morgan fingerprint density at radius 3 is 2.59 bits per heavy atom. The van der Waals surface area contributed by atoms with Crippen LogP contribution < -0.4 is 5.32 Å². The molecular weight excluding hydrogens is 306 g/mol. The van der Waals surface area contributed by atoms with Crippen LogP contribution in [0.25, 0.3) is 0 Å². The normalized spacial score (nSPS) is 11.0. The van der Waals surface area contributed by atoms with E-state index >= 15 is 0 Å². The molecule has 118 valence electrons. The number of anilines is 1. The van der Waals surface area contributed by atoms with Crippen LogP contribution in [0.4, 0.5) is 5.69 Å². The summed E-state index contributed by atoms with van der Waals surface area (Å²) in [6.45, 7) is 1.95. The van der Waals surface area contributed by atoms with Crippen molar-refractivity contribution >= 4 is 23.2 Å². The molecule has 0 unspecified atom stereocenters. The summed E-state index contributed by atoms with van der Waals surface area (Å²) in [5, 5.41) is 30.1. The maximum Gasteiger partial charge on any atom is 0.267 e. The fraction of sp³-hybridized carbons (Fsp3) is 0.333. The van der Waals surface area contributed by atoms with E-state index in [1.54, 1.807) is 18.2 Å². The van der Waals surface area contributed by atoms with Crippen LogP contribution in [0, 0.1) is 18.3 Å². The highest BCUT2D eigenvalue weighted by molar-refractivity contribution is 6.31. The SMILES string of the molecule is Cc1ccc(Cl)cc1NC(=O)/C(C#N)=C\N(CCO)CCO. The Hall–Kier alpha value is -2.07. The number of nitriles is 1. The number of aryl methyl sites for hydroxylation is 1. The Labute approximate surface area is 134 Å². The van der Waals surface area contributed by atoms with Gasteiger partial charge in [-0.05, 0) is 24.6 Å². The zero-order chi connectivity index (χ0) is 16.5. The molecule has 0 saturated heterocycles. The van der Waals surface area contributed by atoms with E-state index in [0.29, 0.717) is 10.7 Å². The lowest BCUT2D eigenvalue weighted by atomic mass is 10.2. The highest BCUT2D eigenvalue weighted by Crippen LogP contribution is 2.20. The molecule has 1 amide bonds. The summed E-state index contributed by atoms with van der Waals surface area (Å²) in [4.78, 5) is 13.7. The van der Waals surface area contributed by atoms with Crippen molar-refractivity contribution in [1.82, 2.24) is 4.90 Å². The van der Waals surface area contributed by atoms with Gasteiger partial charge in [-0.2, -0.15) is 5.26 Å². The lowest BCUT2D eigenvalue weighted by Crippen LogP contribution is -2.26. The molecule has 0 heterocycles. The minimum atomic E-state index is -0.575. The van der Waals surface area contributed by atoms with E-state index in [0.717, 1.165) is 5.56 Å². The number of carbonyl (C=O) groups is 1. The molecule has 7 heteroatoms. The second-order valence-corrected chi connectivity index (χ2v) is 4.99. The van der Waals surface area contributed by atoms with Gasteiger partial charge >= 0.3 is 0 Å². The van der Waals surface area contributed by atoms with Crippen molar-refractivity contribution in [2.75, 3.05) is 31.6 Å². The third kappa shape index (κ3) is 5.37. The number of benzene rings is 1. The van der Waals surface area contributed by atoms with Crippen molar-refractivity contribution in [2.24, 2.45) is 0 Å². The number of nitrogens with zero attached hydrogens (tertiary/aromatic N) is 2. The van der Waals surface area contributed by atoms with Crippen LogP contribution in [0.5, 0.6) is 0 Å². The van der Waals surface area contributed by atoms with Gasteiger partial charge in [-0.15, -0.1) is 0 Å². The summed E-state index contributed by atoms with van der Waals surface area (Å²) >= 11 is 5.89. The lowest BCUT2D eigenvalue weighted by molar-refractivity contribution is -0.112. The van der Waals surface area contributed by atoms with Crippen molar-refractivity contribution in [3.63, 3.8) is 0 Å². The average Bonchev–Trinajstić information content (AvgIpc) is 2.48. The van der Waals surface area contributed by atoms with Crippen LogP contribution in [0.15, 0.2) is 30.0 Å². The summed E-state index contributed by atoms with van der Waals surface area (Å²) in [7, 11) is 0. The molecule has 1 aromatic rings. The predicted molar refractivity (Wildman–Crippen MR) is 84.3 cm³/mol. The molecule has 3 N–H and O–H groups in total. The van der Waals surface area contributed by atoms with Gasteiger partial charge in [-0.25, -0.2) is 0 Å². The molecular formula is C15H18ClN3O3. The minimum Gasteiger partial charge on any atom is -0.395 e. The van der Waals surface area contributed by atoms with Gasteiger partial charge in [0.25, 0.3) is 5.91 Å². The van der Waals surface area contributed by atoms with Crippen molar-refractivity contribution in [3.05, 3.63) is 40.6 Å². The van der Waals surface area contributed by atoms with Crippen LogP contribution in [-0.2, 0) is 4.79 Å². The maximum atomic E-state index is 12.2. The number of amides is 1. The molecule has 0 aromatic heterocycles. The number of carbonyl (C=O) groups excluding carboxylic acids is 1. The summed E-state index contributed by atoms with van der Waals surface area (Å²) in [6.07, 6.45) is 1.32. The molecule has 0 atom stereocenters. The molecule has 22 heavy (non-hydrogen) atoms. The monoisotopic (exact) mass is 323 g/mol. The third-order valence-electron chi connectivity index (χ3n) is 2.90. The minimum absolute atomic E-state index is 0.124. The van der Waals surface area contributed by atoms with E-state index in [-0.39, 0.29) is 31.9 Å². The number of nitrogens with one attached hydrogen (secondary N) is 1. The van der Waals surface area contributed by atoms with Crippen LogP contribution in [-0.4, -0.2) is 47.3 Å². The molecule has 0 aliphatic heterocycles. The molecule has 0 spiro atoms. The highest BCUT2D eigenvalue weighted by Gasteiger charge is 2.13. The fourth-order valence-electron chi connectivity index (χ4n) is 1.74. The van der Waals surface area contributed by atoms with E-state index in [9.17, 15) is 4.79 Å². The second-order valence-electron chi connectivity index (χ2n) is 4.55. The van der Waals surface area contributed by atoms with Gasteiger partial charge in [0.1, 0.15) is 11.6 Å². The van der Waals surface area contributed by atoms with E-state index in [1.807, 2.05) is 13.0 Å². The van der Waals surface area contributed by atoms with Crippen molar-refractivity contribution < 1.29 is 15.0 Å². The third-order valence-corrected chi connectivity index (χ3v) is 3.13. The van der Waals surface area contributed by atoms with Gasteiger partial charge in [0, 0.05) is 30.0 Å². The van der Waals surface area contributed by atoms with Crippen molar-refractivity contribution in [3.8, 4) is 6.07 Å². The summed E-state index contributed by atoms with van der Waals surface area (Å²) < 4.78 is 0. The van der Waals surface area contributed by atoms with Gasteiger partial charge in [0.2, 0.25) is 0 Å². The van der Waals surface area contributed by atoms with Crippen LogP contribution in [0.1, 0.15) is 5.56 Å². The van der Waals surface area contributed by atoms with E-state index in [2.05, 4.69) is 5.32 Å². The summed E-state index contributed by atoms with van der Waals surface area (Å²) in [6, 6.07) is 6.88. The topological polar surface area (TPSA) is 96.6 Å². The number of hydrogen-bond acceptors (Lipinski definition) is 5. The zero-order valence-electron chi connectivity index (χ0n) is 12.2. The fourth-order valence-corrected chi connectivity index (χ4v) is 1.91. The van der Waals surface area contributed by atoms with Crippen molar-refractivity contribution in [2.45, 2.75) is 6.92 Å². The predicted octanol–water partition coefficient (Wildman–Crippen LogP) is 1.28. The largest absolute Gasteiger partial charge is 0.395 e. The van der Waals surface area contributed by atoms with E-state index in [4.69, 9.17) is 27.1 Å². The van der Waals surface area contributed by atoms with Crippen LogP contribution in [0.3, 0.4) is 0 Å². The molecule has 1 rings (SSSR count). The highest BCUT2D eigenvalue weighted by atomic mass is 35.5. The Balaban J connectivity index is 2.92. The van der Waals surface area contributed by atoms with Crippen molar-refractivity contribution in [1.29, 1.82) is 5.26 Å². The number of aliphatic hydroxyl groups is 2. The van der Waals surface area contributed by atoms with Gasteiger partial charge in [-0.3, -0.25) is 4.79 Å². The first kappa shape index (κ1) is 18.0. The molecule has 0 fully saturated rings. The van der Waals surface area contributed by atoms with Gasteiger partial charge in [0.15, 0.2) is 0 Å². The zero-order valence-corrected chi connectivity index (χ0v) is 13.0. The number of rotatable bonds is 7. The molecule has 0 saturated carbocycles. The number of aliphatic hydroxyl groups excluding tert-OH is 2. The second kappa shape index (κ2) is 9.05. The molecule has 0 bridgehead atoms. The first-order valence-corrected chi connectivity index (χ1v) is 7.04. The molecule has 6 nitrogen and oxygen atoms in total. The van der Waals surface area contributed by atoms with Gasteiger partial charge in [-0.1, -0.05) is 17.7 Å². The van der Waals surface area contributed by atoms with Crippen LogP contribution in [0.2, 0.25) is 5.02 Å². The quantitative estimate of drug-likeness (QED) is 0.519. The molecule has 0 aliphatic rings. The smallest absolute Gasteiger partial charge is 0.267 e. The van der Waals surface area contributed by atoms with Gasteiger partial charge < -0.3 is 20.4 Å². The molecule has 0 aliphatic carbocycles. The number of halogens is 1. The van der Waals surface area contributed by atoms with Crippen LogP contribution >= 0.6 is 11.6 Å². The molecule has 0 radical (unpaired) electrons. The Morgan fingerprint density at radius 1 is 1.41 bits per heavy atom. The lowest BCUT2D eigenvalue weighted by Gasteiger charge is -2.18.